The first kappa shape index (κ1) is 16.8. The Morgan fingerprint density at radius 3 is 2.43 bits per heavy atom. The number of hydrogen-bond donors (Lipinski definition) is 1. The molecular weight excluding hydrogens is 342 g/mol. The molecule has 1 heterocycles. The summed E-state index contributed by atoms with van der Waals surface area (Å²) in [6, 6.07) is 18.3. The van der Waals surface area contributed by atoms with Crippen molar-refractivity contribution in [2.45, 2.75) is 9.48 Å². The number of hydrogen-bond acceptors (Lipinski definition) is 4. The smallest absolute Gasteiger partial charge is 0.251 e. The molecule has 23 heavy (non-hydrogen) atoms. The van der Waals surface area contributed by atoms with E-state index in [1.165, 1.54) is 22.0 Å². The van der Waals surface area contributed by atoms with Crippen LogP contribution in [0.2, 0.25) is 0 Å². The first-order chi connectivity index (χ1) is 11.3. The summed E-state index contributed by atoms with van der Waals surface area (Å²) in [4.78, 5) is 13.4. The van der Waals surface area contributed by atoms with E-state index in [1.807, 2.05) is 53.9 Å². The van der Waals surface area contributed by atoms with Gasteiger partial charge in [-0.25, -0.2) is 0 Å². The molecule has 120 valence electrons. The van der Waals surface area contributed by atoms with Crippen LogP contribution in [0.4, 0.5) is 0 Å². The van der Waals surface area contributed by atoms with Gasteiger partial charge in [-0.3, -0.25) is 4.79 Å². The van der Waals surface area contributed by atoms with Crippen molar-refractivity contribution >= 4 is 41.2 Å². The van der Waals surface area contributed by atoms with Gasteiger partial charge in [0, 0.05) is 34.3 Å². The van der Waals surface area contributed by atoms with Crippen molar-refractivity contribution in [2.24, 2.45) is 0 Å². The van der Waals surface area contributed by atoms with E-state index in [0.29, 0.717) is 11.1 Å². The molecule has 0 saturated carbocycles. The number of carbonyl (C=O) groups is 1. The molecule has 5 heteroatoms. The maximum Gasteiger partial charge on any atom is 0.251 e. The fourth-order valence-corrected chi connectivity index (χ4v) is 5.94. The van der Waals surface area contributed by atoms with Gasteiger partial charge in [0.2, 0.25) is 0 Å². The van der Waals surface area contributed by atoms with Gasteiger partial charge in [0.25, 0.3) is 5.91 Å². The van der Waals surface area contributed by atoms with E-state index < -0.39 is 0 Å². The lowest BCUT2D eigenvalue weighted by Gasteiger charge is -2.09. The number of amides is 1. The van der Waals surface area contributed by atoms with Gasteiger partial charge in [-0.2, -0.15) is 0 Å². The van der Waals surface area contributed by atoms with Crippen molar-refractivity contribution < 1.29 is 4.79 Å². The third-order valence-corrected chi connectivity index (χ3v) is 7.58. The van der Waals surface area contributed by atoms with Crippen molar-refractivity contribution in [3.8, 4) is 0 Å². The SMILES string of the molecule is O=C(NCCSc1ccccc1)c1ccc(C2SCCS2)cc1. The normalized spacial score (nSPS) is 14.8. The summed E-state index contributed by atoms with van der Waals surface area (Å²) in [7, 11) is 0. The van der Waals surface area contributed by atoms with Crippen LogP contribution < -0.4 is 5.32 Å². The lowest BCUT2D eigenvalue weighted by molar-refractivity contribution is 0.0956. The van der Waals surface area contributed by atoms with Crippen molar-refractivity contribution in [3.05, 3.63) is 65.7 Å². The number of thioether (sulfide) groups is 3. The zero-order chi connectivity index (χ0) is 15.9. The van der Waals surface area contributed by atoms with Crippen LogP contribution in [-0.4, -0.2) is 29.7 Å². The topological polar surface area (TPSA) is 29.1 Å². The highest BCUT2D eigenvalue weighted by atomic mass is 32.2. The summed E-state index contributed by atoms with van der Waals surface area (Å²) in [6.07, 6.45) is 0. The van der Waals surface area contributed by atoms with Crippen molar-refractivity contribution in [2.75, 3.05) is 23.8 Å². The molecule has 0 aliphatic carbocycles. The molecule has 0 aromatic heterocycles. The summed E-state index contributed by atoms with van der Waals surface area (Å²) in [5.74, 6) is 3.33. The molecule has 1 fully saturated rings. The molecule has 2 nitrogen and oxygen atoms in total. The fourth-order valence-electron chi connectivity index (χ4n) is 2.29. The molecule has 2 aromatic rings. The van der Waals surface area contributed by atoms with Crippen molar-refractivity contribution in [3.63, 3.8) is 0 Å². The molecule has 1 amide bonds. The van der Waals surface area contributed by atoms with Crippen LogP contribution in [0, 0.1) is 0 Å². The second-order valence-corrected chi connectivity index (χ2v) is 9.01. The third kappa shape index (κ3) is 4.96. The predicted molar refractivity (Wildman–Crippen MR) is 104 cm³/mol. The molecule has 0 radical (unpaired) electrons. The maximum atomic E-state index is 12.2. The summed E-state index contributed by atoms with van der Waals surface area (Å²) in [5, 5.41) is 2.99. The molecule has 1 N–H and O–H groups in total. The summed E-state index contributed by atoms with van der Waals surface area (Å²) >= 11 is 5.72. The molecule has 0 bridgehead atoms. The molecule has 2 aromatic carbocycles. The van der Waals surface area contributed by atoms with Gasteiger partial charge in [0.1, 0.15) is 0 Å². The molecular formula is C18H19NOS3. The van der Waals surface area contributed by atoms with Gasteiger partial charge in [0.05, 0.1) is 4.58 Å². The number of carbonyl (C=O) groups excluding carboxylic acids is 1. The monoisotopic (exact) mass is 361 g/mol. The van der Waals surface area contributed by atoms with Crippen molar-refractivity contribution in [1.29, 1.82) is 0 Å². The number of nitrogens with one attached hydrogen (secondary N) is 1. The highest BCUT2D eigenvalue weighted by Gasteiger charge is 2.18. The first-order valence-corrected chi connectivity index (χ1v) is 10.7. The summed E-state index contributed by atoms with van der Waals surface area (Å²) < 4.78 is 0.536. The van der Waals surface area contributed by atoms with E-state index in [2.05, 4.69) is 29.6 Å². The highest BCUT2D eigenvalue weighted by molar-refractivity contribution is 8.19. The highest BCUT2D eigenvalue weighted by Crippen LogP contribution is 2.45. The number of rotatable bonds is 6. The Kier molecular flexibility index (Phi) is 6.37. The Morgan fingerprint density at radius 1 is 1.04 bits per heavy atom. The summed E-state index contributed by atoms with van der Waals surface area (Å²) in [6.45, 7) is 0.675. The van der Waals surface area contributed by atoms with Gasteiger partial charge in [-0.05, 0) is 29.8 Å². The fraction of sp³-hybridized carbons (Fsp3) is 0.278. The Hall–Kier alpha value is -1.04. The van der Waals surface area contributed by atoms with Crippen LogP contribution in [0.15, 0.2) is 59.5 Å². The van der Waals surface area contributed by atoms with E-state index in [-0.39, 0.29) is 5.91 Å². The van der Waals surface area contributed by atoms with Crippen molar-refractivity contribution in [1.82, 2.24) is 5.32 Å². The quantitative estimate of drug-likeness (QED) is 0.597. The number of benzene rings is 2. The molecule has 0 atom stereocenters. The van der Waals surface area contributed by atoms with Crippen LogP contribution >= 0.6 is 35.3 Å². The van der Waals surface area contributed by atoms with Gasteiger partial charge >= 0.3 is 0 Å². The van der Waals surface area contributed by atoms with Crippen LogP contribution in [0.5, 0.6) is 0 Å². The molecule has 0 unspecified atom stereocenters. The van der Waals surface area contributed by atoms with E-state index in [0.717, 1.165) is 11.3 Å². The predicted octanol–water partition coefficient (Wildman–Crippen LogP) is 4.69. The minimum atomic E-state index is 0.0111. The third-order valence-electron chi connectivity index (χ3n) is 3.47. The van der Waals surface area contributed by atoms with E-state index in [9.17, 15) is 4.79 Å². The molecule has 3 rings (SSSR count). The lowest BCUT2D eigenvalue weighted by Crippen LogP contribution is -2.25. The Morgan fingerprint density at radius 2 is 1.74 bits per heavy atom. The Labute approximate surface area is 150 Å². The first-order valence-electron chi connectivity index (χ1n) is 7.62. The van der Waals surface area contributed by atoms with E-state index in [4.69, 9.17) is 0 Å². The minimum absolute atomic E-state index is 0.0111. The van der Waals surface area contributed by atoms with Crippen LogP contribution in [0.25, 0.3) is 0 Å². The molecule has 0 spiro atoms. The van der Waals surface area contributed by atoms with E-state index >= 15 is 0 Å². The zero-order valence-corrected chi connectivity index (χ0v) is 15.2. The summed E-state index contributed by atoms with van der Waals surface area (Å²) in [5.41, 5.74) is 2.06. The average Bonchev–Trinajstić information content (AvgIpc) is 3.14. The van der Waals surface area contributed by atoms with Crippen LogP contribution in [0.1, 0.15) is 20.5 Å². The van der Waals surface area contributed by atoms with Crippen LogP contribution in [0.3, 0.4) is 0 Å². The van der Waals surface area contributed by atoms with Gasteiger partial charge in [-0.15, -0.1) is 35.3 Å². The van der Waals surface area contributed by atoms with E-state index in [1.54, 1.807) is 11.8 Å². The molecule has 1 aliphatic rings. The zero-order valence-electron chi connectivity index (χ0n) is 12.7. The second-order valence-electron chi connectivity index (χ2n) is 5.11. The Bertz CT molecular complexity index is 624. The van der Waals surface area contributed by atoms with Gasteiger partial charge in [-0.1, -0.05) is 30.3 Å². The van der Waals surface area contributed by atoms with Gasteiger partial charge in [0.15, 0.2) is 0 Å². The van der Waals surface area contributed by atoms with Crippen LogP contribution in [-0.2, 0) is 0 Å². The molecule has 1 saturated heterocycles. The Balaban J connectivity index is 1.44. The average molecular weight is 362 g/mol. The minimum Gasteiger partial charge on any atom is -0.351 e. The second kappa shape index (κ2) is 8.71. The standard InChI is InChI=1S/C18H19NOS3/c20-17(19-10-11-21-16-4-2-1-3-5-16)14-6-8-15(9-7-14)18-22-12-13-23-18/h1-9,18H,10-13H2,(H,19,20). The molecule has 1 aliphatic heterocycles. The maximum absolute atomic E-state index is 12.2. The largest absolute Gasteiger partial charge is 0.351 e. The van der Waals surface area contributed by atoms with Gasteiger partial charge < -0.3 is 5.32 Å². The lowest BCUT2D eigenvalue weighted by atomic mass is 10.1.